The summed E-state index contributed by atoms with van der Waals surface area (Å²) >= 11 is 8.41. The minimum absolute atomic E-state index is 0.100. The molecule has 1 heterocycles. The number of carbonyl (C=O) groups is 1. The van der Waals surface area contributed by atoms with Crippen molar-refractivity contribution in [1.29, 1.82) is 0 Å². The number of aryl methyl sites for hydroxylation is 1. The van der Waals surface area contributed by atoms with Gasteiger partial charge in [-0.15, -0.1) is 10.2 Å². The first-order chi connectivity index (χ1) is 14.6. The molecule has 0 saturated carbocycles. The highest BCUT2D eigenvalue weighted by molar-refractivity contribution is 9.11. The van der Waals surface area contributed by atoms with Crippen LogP contribution in [-0.2, 0) is 16.8 Å². The second-order valence-electron chi connectivity index (χ2n) is 8.32. The van der Waals surface area contributed by atoms with Crippen LogP contribution in [0.5, 0.6) is 0 Å². The van der Waals surface area contributed by atoms with Gasteiger partial charge < -0.3 is 9.88 Å². The highest BCUT2D eigenvalue weighted by Gasteiger charge is 2.18. The SMILES string of the molecule is CCn1c(SCC(=O)Nc2c(Br)cc(C)cc2Br)nnc1-c1ccc(C(C)(C)C)cc1. The molecule has 0 aliphatic heterocycles. The van der Waals surface area contributed by atoms with Crippen molar-refractivity contribution in [3.8, 4) is 11.4 Å². The number of thioether (sulfide) groups is 1. The molecule has 0 unspecified atom stereocenters. The van der Waals surface area contributed by atoms with E-state index in [1.54, 1.807) is 0 Å². The highest BCUT2D eigenvalue weighted by atomic mass is 79.9. The van der Waals surface area contributed by atoms with Crippen molar-refractivity contribution in [3.05, 3.63) is 56.5 Å². The van der Waals surface area contributed by atoms with Crippen LogP contribution in [0.2, 0.25) is 0 Å². The van der Waals surface area contributed by atoms with Crippen molar-refractivity contribution >= 4 is 55.2 Å². The van der Waals surface area contributed by atoms with E-state index in [2.05, 4.69) is 99.3 Å². The van der Waals surface area contributed by atoms with E-state index < -0.39 is 0 Å². The third-order valence-electron chi connectivity index (χ3n) is 4.83. The quantitative estimate of drug-likeness (QED) is 0.333. The Kier molecular flexibility index (Phi) is 7.65. The minimum Gasteiger partial charge on any atom is -0.323 e. The third kappa shape index (κ3) is 5.79. The van der Waals surface area contributed by atoms with E-state index in [0.29, 0.717) is 0 Å². The van der Waals surface area contributed by atoms with Gasteiger partial charge in [0.2, 0.25) is 5.91 Å². The van der Waals surface area contributed by atoms with Crippen LogP contribution < -0.4 is 5.32 Å². The number of hydrogen-bond donors (Lipinski definition) is 1. The molecule has 8 heteroatoms. The van der Waals surface area contributed by atoms with Gasteiger partial charge in [0.1, 0.15) is 0 Å². The molecule has 0 atom stereocenters. The molecule has 0 aliphatic rings. The van der Waals surface area contributed by atoms with Crippen LogP contribution in [0, 0.1) is 6.92 Å². The van der Waals surface area contributed by atoms with Crippen molar-refractivity contribution in [2.45, 2.75) is 51.7 Å². The lowest BCUT2D eigenvalue weighted by Gasteiger charge is -2.19. The number of amides is 1. The van der Waals surface area contributed by atoms with E-state index in [1.807, 2.05) is 23.6 Å². The first-order valence-corrected chi connectivity index (χ1v) is 12.6. The lowest BCUT2D eigenvalue weighted by Crippen LogP contribution is -2.15. The van der Waals surface area contributed by atoms with Crippen LogP contribution in [0.1, 0.15) is 38.8 Å². The minimum atomic E-state index is -0.100. The van der Waals surface area contributed by atoms with Gasteiger partial charge in [-0.1, -0.05) is 56.8 Å². The Morgan fingerprint density at radius 1 is 1.10 bits per heavy atom. The Bertz CT molecular complexity index is 1060. The number of hydrogen-bond acceptors (Lipinski definition) is 4. The Hall–Kier alpha value is -1.64. The Balaban J connectivity index is 1.72. The van der Waals surface area contributed by atoms with Crippen LogP contribution in [-0.4, -0.2) is 26.4 Å². The Morgan fingerprint density at radius 2 is 1.71 bits per heavy atom. The van der Waals surface area contributed by atoms with Crippen LogP contribution in [0.15, 0.2) is 50.5 Å². The van der Waals surface area contributed by atoms with E-state index in [4.69, 9.17) is 0 Å². The van der Waals surface area contributed by atoms with Crippen molar-refractivity contribution in [2.24, 2.45) is 0 Å². The molecule has 0 saturated heterocycles. The van der Waals surface area contributed by atoms with Crippen LogP contribution >= 0.6 is 43.6 Å². The molecule has 3 aromatic rings. The lowest BCUT2D eigenvalue weighted by atomic mass is 9.87. The first-order valence-electron chi connectivity index (χ1n) is 10.0. The summed E-state index contributed by atoms with van der Waals surface area (Å²) in [6, 6.07) is 12.4. The molecule has 0 fully saturated rings. The van der Waals surface area contributed by atoms with Gasteiger partial charge >= 0.3 is 0 Å². The smallest absolute Gasteiger partial charge is 0.234 e. The normalized spacial score (nSPS) is 11.6. The van der Waals surface area contributed by atoms with Gasteiger partial charge in [0.25, 0.3) is 0 Å². The van der Waals surface area contributed by atoms with Crippen LogP contribution in [0.25, 0.3) is 11.4 Å². The molecule has 5 nitrogen and oxygen atoms in total. The van der Waals surface area contributed by atoms with Crippen molar-refractivity contribution in [1.82, 2.24) is 14.8 Å². The number of halogens is 2. The predicted molar refractivity (Wildman–Crippen MR) is 136 cm³/mol. The zero-order valence-corrected chi connectivity index (χ0v) is 22.3. The molecule has 31 heavy (non-hydrogen) atoms. The van der Waals surface area contributed by atoms with Crippen molar-refractivity contribution < 1.29 is 4.79 Å². The number of nitrogens with one attached hydrogen (secondary N) is 1. The Labute approximate surface area is 204 Å². The highest BCUT2D eigenvalue weighted by Crippen LogP contribution is 2.33. The number of nitrogens with zero attached hydrogens (tertiary/aromatic N) is 3. The molecule has 0 radical (unpaired) electrons. The van der Waals surface area contributed by atoms with Crippen molar-refractivity contribution in [3.63, 3.8) is 0 Å². The molecule has 1 N–H and O–H groups in total. The molecule has 0 bridgehead atoms. The molecular weight excluding hydrogens is 540 g/mol. The molecule has 3 rings (SSSR count). The maximum absolute atomic E-state index is 12.6. The lowest BCUT2D eigenvalue weighted by molar-refractivity contribution is -0.113. The zero-order chi connectivity index (χ0) is 22.8. The summed E-state index contributed by atoms with van der Waals surface area (Å²) in [6.07, 6.45) is 0. The third-order valence-corrected chi connectivity index (χ3v) is 7.04. The fourth-order valence-corrected chi connectivity index (χ4v) is 5.55. The molecule has 2 aromatic carbocycles. The van der Waals surface area contributed by atoms with Gasteiger partial charge in [0, 0.05) is 21.1 Å². The fraction of sp³-hybridized carbons (Fsp3) is 0.348. The summed E-state index contributed by atoms with van der Waals surface area (Å²) in [5.74, 6) is 0.959. The number of rotatable bonds is 6. The van der Waals surface area contributed by atoms with E-state index in [1.165, 1.54) is 17.3 Å². The Morgan fingerprint density at radius 3 is 2.26 bits per heavy atom. The largest absolute Gasteiger partial charge is 0.323 e. The number of anilines is 1. The second-order valence-corrected chi connectivity index (χ2v) is 11.0. The average Bonchev–Trinajstić information content (AvgIpc) is 3.11. The maximum Gasteiger partial charge on any atom is 0.234 e. The summed E-state index contributed by atoms with van der Waals surface area (Å²) in [7, 11) is 0. The monoisotopic (exact) mass is 564 g/mol. The molecule has 1 aromatic heterocycles. The van der Waals surface area contributed by atoms with Gasteiger partial charge in [-0.05, 0) is 74.4 Å². The summed E-state index contributed by atoms with van der Waals surface area (Å²) < 4.78 is 3.73. The topological polar surface area (TPSA) is 59.8 Å². The summed E-state index contributed by atoms with van der Waals surface area (Å²) in [4.78, 5) is 12.6. The zero-order valence-electron chi connectivity index (χ0n) is 18.3. The average molecular weight is 566 g/mol. The van der Waals surface area contributed by atoms with Gasteiger partial charge in [0.05, 0.1) is 11.4 Å². The summed E-state index contributed by atoms with van der Waals surface area (Å²) in [5, 5.41) is 12.4. The van der Waals surface area contributed by atoms with Gasteiger partial charge in [-0.3, -0.25) is 4.79 Å². The van der Waals surface area contributed by atoms with Gasteiger partial charge in [-0.2, -0.15) is 0 Å². The van der Waals surface area contributed by atoms with E-state index in [-0.39, 0.29) is 17.1 Å². The first kappa shape index (κ1) is 24.0. The maximum atomic E-state index is 12.6. The van der Waals surface area contributed by atoms with Crippen LogP contribution in [0.3, 0.4) is 0 Å². The van der Waals surface area contributed by atoms with Crippen LogP contribution in [0.4, 0.5) is 5.69 Å². The number of carbonyl (C=O) groups excluding carboxylic acids is 1. The molecule has 1 amide bonds. The standard InChI is InChI=1S/C23H26Br2N4OS/c1-6-29-21(15-7-9-16(10-8-15)23(3,4)5)27-28-22(29)31-13-19(30)26-20-17(24)11-14(2)12-18(20)25/h7-12H,6,13H2,1-5H3,(H,26,30). The van der Waals surface area contributed by atoms with E-state index in [0.717, 1.165) is 43.3 Å². The summed E-state index contributed by atoms with van der Waals surface area (Å²) in [5.41, 5.74) is 4.23. The predicted octanol–water partition coefficient (Wildman–Crippen LogP) is 6.83. The molecular formula is C23H26Br2N4OS. The van der Waals surface area contributed by atoms with Gasteiger partial charge in [0.15, 0.2) is 11.0 Å². The van der Waals surface area contributed by atoms with Gasteiger partial charge in [-0.25, -0.2) is 0 Å². The number of aromatic nitrogens is 3. The van der Waals surface area contributed by atoms with Crippen molar-refractivity contribution in [2.75, 3.05) is 11.1 Å². The van der Waals surface area contributed by atoms with E-state index >= 15 is 0 Å². The van der Waals surface area contributed by atoms with E-state index in [9.17, 15) is 4.79 Å². The fourth-order valence-electron chi connectivity index (χ4n) is 3.14. The summed E-state index contributed by atoms with van der Waals surface area (Å²) in [6.45, 7) is 11.4. The number of benzene rings is 2. The molecule has 0 aliphatic carbocycles. The second kappa shape index (κ2) is 9.88. The molecule has 164 valence electrons. The molecule has 0 spiro atoms.